The molecule has 0 amide bonds. The van der Waals surface area contributed by atoms with Gasteiger partial charge >= 0.3 is 0 Å². The van der Waals surface area contributed by atoms with E-state index in [-0.39, 0.29) is 15.8 Å². The average molecular weight is 293 g/mol. The minimum Gasteiger partial charge on any atom is -0.241 e. The molecule has 0 aliphatic rings. The van der Waals surface area contributed by atoms with Gasteiger partial charge in [-0.25, -0.2) is 21.2 Å². The van der Waals surface area contributed by atoms with Crippen LogP contribution in [0.5, 0.6) is 0 Å². The molecule has 0 unspecified atom stereocenters. The van der Waals surface area contributed by atoms with Crippen LogP contribution < -0.4 is 0 Å². The molecule has 0 fully saturated rings. The van der Waals surface area contributed by atoms with Gasteiger partial charge in [0.2, 0.25) is 0 Å². The third-order valence-electron chi connectivity index (χ3n) is 2.99. The van der Waals surface area contributed by atoms with E-state index in [9.17, 15) is 17.2 Å². The van der Waals surface area contributed by atoms with Gasteiger partial charge in [-0.05, 0) is 24.3 Å². The molecule has 102 valence electrons. The predicted octanol–water partition coefficient (Wildman–Crippen LogP) is 3.16. The fourth-order valence-corrected chi connectivity index (χ4v) is 3.42. The summed E-state index contributed by atoms with van der Waals surface area (Å²) < 4.78 is 52.7. The van der Waals surface area contributed by atoms with Crippen molar-refractivity contribution in [3.63, 3.8) is 0 Å². The van der Waals surface area contributed by atoms with Gasteiger partial charge in [0.15, 0.2) is 0 Å². The first-order valence-corrected chi connectivity index (χ1v) is 7.21. The van der Waals surface area contributed by atoms with E-state index >= 15 is 0 Å². The molecule has 1 heterocycles. The molecule has 0 atom stereocenters. The molecule has 3 nitrogen and oxygen atoms in total. The standard InChI is InChI=1S/C14H9F2NO2S/c15-10-8-13(16)12-6-7-17(14(12)9-10)20(18,19)11-4-2-1-3-5-11/h1-9H. The molecular formula is C14H9F2NO2S. The average Bonchev–Trinajstić information content (AvgIpc) is 2.84. The summed E-state index contributed by atoms with van der Waals surface area (Å²) in [5.74, 6) is -1.61. The first kappa shape index (κ1) is 12.8. The number of fused-ring (bicyclic) bond motifs is 1. The number of nitrogens with zero attached hydrogens (tertiary/aromatic N) is 1. The van der Waals surface area contributed by atoms with Crippen LogP contribution in [0.15, 0.2) is 59.6 Å². The van der Waals surface area contributed by atoms with Crippen LogP contribution in [-0.2, 0) is 10.0 Å². The van der Waals surface area contributed by atoms with Crippen LogP contribution in [0.4, 0.5) is 8.78 Å². The Morgan fingerprint density at radius 2 is 1.65 bits per heavy atom. The lowest BCUT2D eigenvalue weighted by atomic mass is 10.2. The van der Waals surface area contributed by atoms with E-state index in [0.717, 1.165) is 16.1 Å². The molecule has 2 aromatic carbocycles. The van der Waals surface area contributed by atoms with E-state index < -0.39 is 21.7 Å². The second-order valence-corrected chi connectivity index (χ2v) is 6.06. The smallest absolute Gasteiger partial charge is 0.241 e. The summed E-state index contributed by atoms with van der Waals surface area (Å²) in [7, 11) is -3.87. The van der Waals surface area contributed by atoms with Crippen molar-refractivity contribution in [3.05, 3.63) is 66.4 Å². The van der Waals surface area contributed by atoms with Crippen LogP contribution in [0, 0.1) is 11.6 Å². The van der Waals surface area contributed by atoms with Gasteiger partial charge in [-0.15, -0.1) is 0 Å². The highest BCUT2D eigenvalue weighted by molar-refractivity contribution is 7.90. The van der Waals surface area contributed by atoms with Crippen LogP contribution in [0.2, 0.25) is 0 Å². The third-order valence-corrected chi connectivity index (χ3v) is 4.69. The van der Waals surface area contributed by atoms with Gasteiger partial charge in [-0.3, -0.25) is 0 Å². The molecule has 3 rings (SSSR count). The van der Waals surface area contributed by atoms with Gasteiger partial charge in [0.1, 0.15) is 11.6 Å². The van der Waals surface area contributed by atoms with Gasteiger partial charge < -0.3 is 0 Å². The highest BCUT2D eigenvalue weighted by Gasteiger charge is 2.20. The minimum atomic E-state index is -3.87. The summed E-state index contributed by atoms with van der Waals surface area (Å²) in [5.41, 5.74) is -0.0219. The van der Waals surface area contributed by atoms with Crippen LogP contribution in [-0.4, -0.2) is 12.4 Å². The predicted molar refractivity (Wildman–Crippen MR) is 70.9 cm³/mol. The first-order chi connectivity index (χ1) is 9.50. The quantitative estimate of drug-likeness (QED) is 0.728. The van der Waals surface area contributed by atoms with Gasteiger partial charge in [-0.1, -0.05) is 18.2 Å². The molecular weight excluding hydrogens is 284 g/mol. The monoisotopic (exact) mass is 293 g/mol. The van der Waals surface area contributed by atoms with Crippen molar-refractivity contribution in [2.24, 2.45) is 0 Å². The maximum atomic E-state index is 13.6. The summed E-state index contributed by atoms with van der Waals surface area (Å²) in [5, 5.41) is 0.0610. The summed E-state index contributed by atoms with van der Waals surface area (Å²) in [6, 6.07) is 10.7. The Hall–Kier alpha value is -2.21. The van der Waals surface area contributed by atoms with Crippen LogP contribution in [0.3, 0.4) is 0 Å². The SMILES string of the molecule is O=S(=O)(c1ccccc1)n1ccc2c(F)cc(F)cc21. The van der Waals surface area contributed by atoms with Crippen LogP contribution in [0.25, 0.3) is 10.9 Å². The van der Waals surface area contributed by atoms with Crippen LogP contribution >= 0.6 is 0 Å². The van der Waals surface area contributed by atoms with Crippen molar-refractivity contribution in [1.29, 1.82) is 0 Å². The molecule has 0 saturated carbocycles. The number of halogens is 2. The van der Waals surface area contributed by atoms with Crippen molar-refractivity contribution in [2.45, 2.75) is 4.90 Å². The van der Waals surface area contributed by atoms with E-state index in [1.165, 1.54) is 24.4 Å². The summed E-state index contributed by atoms with van der Waals surface area (Å²) in [6.07, 6.45) is 1.22. The molecule has 1 aromatic heterocycles. The molecule has 0 aliphatic heterocycles. The zero-order valence-corrected chi connectivity index (χ0v) is 10.9. The number of rotatable bonds is 2. The molecule has 6 heteroatoms. The fourth-order valence-electron chi connectivity index (χ4n) is 2.06. The minimum absolute atomic E-state index is 0.0219. The normalized spacial score (nSPS) is 11.9. The molecule has 0 aliphatic carbocycles. The highest BCUT2D eigenvalue weighted by atomic mass is 32.2. The molecule has 0 radical (unpaired) electrons. The van der Waals surface area contributed by atoms with Gasteiger partial charge in [-0.2, -0.15) is 0 Å². The molecule has 20 heavy (non-hydrogen) atoms. The largest absolute Gasteiger partial charge is 0.268 e. The lowest BCUT2D eigenvalue weighted by molar-refractivity contribution is 0.587. The Morgan fingerprint density at radius 3 is 2.35 bits per heavy atom. The highest BCUT2D eigenvalue weighted by Crippen LogP contribution is 2.25. The third kappa shape index (κ3) is 1.89. The molecule has 3 aromatic rings. The van der Waals surface area contributed by atoms with Crippen molar-refractivity contribution >= 4 is 20.9 Å². The van der Waals surface area contributed by atoms with E-state index in [4.69, 9.17) is 0 Å². The van der Waals surface area contributed by atoms with Gasteiger partial charge in [0.05, 0.1) is 10.4 Å². The van der Waals surface area contributed by atoms with E-state index in [2.05, 4.69) is 0 Å². The maximum absolute atomic E-state index is 13.6. The Kier molecular flexibility index (Phi) is 2.83. The van der Waals surface area contributed by atoms with Gasteiger partial charge in [0, 0.05) is 17.6 Å². The lowest BCUT2D eigenvalue weighted by Crippen LogP contribution is -2.11. The maximum Gasteiger partial charge on any atom is 0.268 e. The lowest BCUT2D eigenvalue weighted by Gasteiger charge is -2.07. The molecule has 0 N–H and O–H groups in total. The van der Waals surface area contributed by atoms with Crippen molar-refractivity contribution in [2.75, 3.05) is 0 Å². The summed E-state index contributed by atoms with van der Waals surface area (Å²) in [6.45, 7) is 0. The number of benzene rings is 2. The molecule has 0 bridgehead atoms. The van der Waals surface area contributed by atoms with Crippen LogP contribution in [0.1, 0.15) is 0 Å². The summed E-state index contributed by atoms with van der Waals surface area (Å²) >= 11 is 0. The number of aromatic nitrogens is 1. The van der Waals surface area contributed by atoms with Crippen molar-refractivity contribution in [1.82, 2.24) is 3.97 Å². The number of hydrogen-bond acceptors (Lipinski definition) is 2. The van der Waals surface area contributed by atoms with Crippen molar-refractivity contribution in [3.8, 4) is 0 Å². The Morgan fingerprint density at radius 1 is 0.950 bits per heavy atom. The Balaban J connectivity index is 2.31. The second-order valence-electron chi connectivity index (χ2n) is 4.25. The zero-order valence-electron chi connectivity index (χ0n) is 10.1. The van der Waals surface area contributed by atoms with E-state index in [1.807, 2.05) is 0 Å². The molecule has 0 saturated heterocycles. The second kappa shape index (κ2) is 4.42. The van der Waals surface area contributed by atoms with Gasteiger partial charge in [0.25, 0.3) is 10.0 Å². The number of hydrogen-bond donors (Lipinski definition) is 0. The van der Waals surface area contributed by atoms with E-state index in [1.54, 1.807) is 18.2 Å². The zero-order chi connectivity index (χ0) is 14.3. The topological polar surface area (TPSA) is 39.1 Å². The fraction of sp³-hybridized carbons (Fsp3) is 0. The Labute approximate surface area is 114 Å². The summed E-state index contributed by atoms with van der Waals surface area (Å²) in [4.78, 5) is 0.0576. The van der Waals surface area contributed by atoms with Crippen molar-refractivity contribution < 1.29 is 17.2 Å². The van der Waals surface area contributed by atoms with E-state index in [0.29, 0.717) is 0 Å². The molecule has 0 spiro atoms. The Bertz CT molecular complexity index is 886. The first-order valence-electron chi connectivity index (χ1n) is 5.77.